The van der Waals surface area contributed by atoms with Gasteiger partial charge in [0.1, 0.15) is 5.82 Å². The number of hydrogen-bond donors (Lipinski definition) is 1. The minimum atomic E-state index is -0.355. The number of amides is 2. The Hall–Kier alpha value is -2.69. The Labute approximate surface area is 147 Å². The van der Waals surface area contributed by atoms with Crippen LogP contribution in [-0.2, 0) is 22.6 Å². The summed E-state index contributed by atoms with van der Waals surface area (Å²) in [6, 6.07) is 14.0. The smallest absolute Gasteiger partial charge is 0.224 e. The summed E-state index contributed by atoms with van der Waals surface area (Å²) in [5.74, 6) is -0.587. The number of nitrogens with zero attached hydrogens (tertiary/aromatic N) is 1. The molecule has 0 aliphatic rings. The van der Waals surface area contributed by atoms with E-state index in [0.717, 1.165) is 5.56 Å². The zero-order valence-corrected chi connectivity index (χ0v) is 14.6. The van der Waals surface area contributed by atoms with Gasteiger partial charge in [0.25, 0.3) is 0 Å². The molecule has 0 saturated carbocycles. The van der Waals surface area contributed by atoms with Gasteiger partial charge in [-0.25, -0.2) is 4.39 Å². The number of carbonyl (C=O) groups excluding carboxylic acids is 2. The molecule has 0 spiro atoms. The minimum absolute atomic E-state index is 0.0417. The van der Waals surface area contributed by atoms with Gasteiger partial charge < -0.3 is 10.2 Å². The van der Waals surface area contributed by atoms with Crippen LogP contribution in [0.2, 0.25) is 0 Å². The van der Waals surface area contributed by atoms with Gasteiger partial charge >= 0.3 is 0 Å². The Balaban J connectivity index is 1.81. The molecule has 0 atom stereocenters. The molecule has 4 nitrogen and oxygen atoms in total. The molecule has 0 heterocycles. The predicted octanol–water partition coefficient (Wildman–Crippen LogP) is 2.84. The van der Waals surface area contributed by atoms with E-state index in [0.29, 0.717) is 25.2 Å². The Kier molecular flexibility index (Phi) is 6.69. The van der Waals surface area contributed by atoms with Gasteiger partial charge in [-0.3, -0.25) is 9.59 Å². The number of halogens is 1. The fourth-order valence-corrected chi connectivity index (χ4v) is 2.49. The maximum absolute atomic E-state index is 13.1. The van der Waals surface area contributed by atoms with E-state index < -0.39 is 0 Å². The molecular weight excluding hydrogens is 319 g/mol. The highest BCUT2D eigenvalue weighted by Crippen LogP contribution is 2.07. The molecule has 2 aromatic carbocycles. The summed E-state index contributed by atoms with van der Waals surface area (Å²) in [6.07, 6.45) is 0.121. The average molecular weight is 342 g/mol. The zero-order valence-electron chi connectivity index (χ0n) is 14.6. The van der Waals surface area contributed by atoms with Gasteiger partial charge in [0.05, 0.1) is 6.42 Å². The maximum atomic E-state index is 13.1. The number of aryl methyl sites for hydroxylation is 1. The Morgan fingerprint density at radius 2 is 1.80 bits per heavy atom. The third-order valence-corrected chi connectivity index (χ3v) is 3.90. The molecule has 25 heavy (non-hydrogen) atoms. The number of benzene rings is 2. The second-order valence-corrected chi connectivity index (χ2v) is 6.08. The standard InChI is InChI=1S/C20H23FN2O2/c1-15-6-8-17(9-7-15)14-23(16(2)24)11-10-22-20(25)13-18-4-3-5-19(21)12-18/h3-9,12H,10-11,13-14H2,1-2H3,(H,22,25). The van der Waals surface area contributed by atoms with Crippen molar-refractivity contribution in [1.82, 2.24) is 10.2 Å². The number of hydrogen-bond acceptors (Lipinski definition) is 2. The second-order valence-electron chi connectivity index (χ2n) is 6.08. The molecule has 2 rings (SSSR count). The van der Waals surface area contributed by atoms with E-state index in [1.807, 2.05) is 31.2 Å². The third-order valence-electron chi connectivity index (χ3n) is 3.90. The molecule has 2 amide bonds. The Morgan fingerprint density at radius 1 is 1.08 bits per heavy atom. The SMILES string of the molecule is CC(=O)N(CCNC(=O)Cc1cccc(F)c1)Cc1ccc(C)cc1. The summed E-state index contributed by atoms with van der Waals surface area (Å²) < 4.78 is 13.1. The normalized spacial score (nSPS) is 10.4. The van der Waals surface area contributed by atoms with E-state index in [-0.39, 0.29) is 24.1 Å². The fraction of sp³-hybridized carbons (Fsp3) is 0.300. The number of carbonyl (C=O) groups is 2. The number of nitrogens with one attached hydrogen (secondary N) is 1. The summed E-state index contributed by atoms with van der Waals surface area (Å²) in [7, 11) is 0. The molecule has 0 saturated heterocycles. The van der Waals surface area contributed by atoms with Crippen LogP contribution in [-0.4, -0.2) is 29.8 Å². The van der Waals surface area contributed by atoms with Crippen LogP contribution >= 0.6 is 0 Å². The molecular formula is C20H23FN2O2. The van der Waals surface area contributed by atoms with Gasteiger partial charge in [-0.05, 0) is 30.2 Å². The Bertz CT molecular complexity index is 729. The largest absolute Gasteiger partial charge is 0.354 e. The topological polar surface area (TPSA) is 49.4 Å². The Morgan fingerprint density at radius 3 is 2.44 bits per heavy atom. The summed E-state index contributed by atoms with van der Waals surface area (Å²) in [5.41, 5.74) is 2.84. The summed E-state index contributed by atoms with van der Waals surface area (Å²) in [5, 5.41) is 2.78. The quantitative estimate of drug-likeness (QED) is 0.841. The van der Waals surface area contributed by atoms with Crippen LogP contribution in [0.3, 0.4) is 0 Å². The van der Waals surface area contributed by atoms with Crippen molar-refractivity contribution in [1.29, 1.82) is 0 Å². The lowest BCUT2D eigenvalue weighted by atomic mass is 10.1. The van der Waals surface area contributed by atoms with Gasteiger partial charge in [0, 0.05) is 26.6 Å². The van der Waals surface area contributed by atoms with Crippen molar-refractivity contribution in [3.8, 4) is 0 Å². The molecule has 2 aromatic rings. The third kappa shape index (κ3) is 6.37. The number of rotatable bonds is 7. The van der Waals surface area contributed by atoms with Crippen molar-refractivity contribution in [2.75, 3.05) is 13.1 Å². The highest BCUT2D eigenvalue weighted by molar-refractivity contribution is 5.78. The lowest BCUT2D eigenvalue weighted by Crippen LogP contribution is -2.37. The lowest BCUT2D eigenvalue weighted by Gasteiger charge is -2.21. The van der Waals surface area contributed by atoms with E-state index in [1.165, 1.54) is 24.6 Å². The van der Waals surface area contributed by atoms with Crippen molar-refractivity contribution in [3.63, 3.8) is 0 Å². The summed E-state index contributed by atoms with van der Waals surface area (Å²) in [6.45, 7) is 4.83. The first-order valence-corrected chi connectivity index (χ1v) is 8.26. The molecule has 132 valence electrons. The van der Waals surface area contributed by atoms with E-state index >= 15 is 0 Å². The van der Waals surface area contributed by atoms with Gasteiger partial charge in [-0.15, -0.1) is 0 Å². The highest BCUT2D eigenvalue weighted by atomic mass is 19.1. The van der Waals surface area contributed by atoms with Crippen LogP contribution in [0.5, 0.6) is 0 Å². The van der Waals surface area contributed by atoms with Crippen molar-refractivity contribution >= 4 is 11.8 Å². The van der Waals surface area contributed by atoms with E-state index in [9.17, 15) is 14.0 Å². The van der Waals surface area contributed by atoms with Crippen molar-refractivity contribution in [2.24, 2.45) is 0 Å². The van der Waals surface area contributed by atoms with Crippen LogP contribution in [0.1, 0.15) is 23.6 Å². The molecule has 0 unspecified atom stereocenters. The van der Waals surface area contributed by atoms with Crippen molar-refractivity contribution in [2.45, 2.75) is 26.8 Å². The van der Waals surface area contributed by atoms with Crippen LogP contribution < -0.4 is 5.32 Å². The molecule has 1 N–H and O–H groups in total. The first-order valence-electron chi connectivity index (χ1n) is 8.26. The predicted molar refractivity (Wildman–Crippen MR) is 95.4 cm³/mol. The first-order chi connectivity index (χ1) is 11.9. The van der Waals surface area contributed by atoms with Gasteiger partial charge in [-0.1, -0.05) is 42.0 Å². The van der Waals surface area contributed by atoms with Gasteiger partial charge in [0.15, 0.2) is 0 Å². The minimum Gasteiger partial charge on any atom is -0.354 e. The van der Waals surface area contributed by atoms with Crippen LogP contribution in [0.4, 0.5) is 4.39 Å². The molecule has 0 aliphatic heterocycles. The van der Waals surface area contributed by atoms with E-state index in [4.69, 9.17) is 0 Å². The monoisotopic (exact) mass is 342 g/mol. The molecule has 5 heteroatoms. The average Bonchev–Trinajstić information content (AvgIpc) is 2.55. The molecule has 0 aliphatic carbocycles. The van der Waals surface area contributed by atoms with E-state index in [2.05, 4.69) is 5.32 Å². The van der Waals surface area contributed by atoms with Crippen LogP contribution in [0, 0.1) is 12.7 Å². The molecule has 0 fully saturated rings. The molecule has 0 bridgehead atoms. The summed E-state index contributed by atoms with van der Waals surface area (Å²) in [4.78, 5) is 25.4. The zero-order chi connectivity index (χ0) is 18.2. The molecule has 0 aromatic heterocycles. The first kappa shape index (κ1) is 18.6. The van der Waals surface area contributed by atoms with E-state index in [1.54, 1.807) is 17.0 Å². The van der Waals surface area contributed by atoms with Crippen LogP contribution in [0.25, 0.3) is 0 Å². The lowest BCUT2D eigenvalue weighted by molar-refractivity contribution is -0.130. The fourth-order valence-electron chi connectivity index (χ4n) is 2.49. The highest BCUT2D eigenvalue weighted by Gasteiger charge is 2.10. The molecule has 0 radical (unpaired) electrons. The van der Waals surface area contributed by atoms with Gasteiger partial charge in [0.2, 0.25) is 11.8 Å². The summed E-state index contributed by atoms with van der Waals surface area (Å²) >= 11 is 0. The second kappa shape index (κ2) is 8.97. The van der Waals surface area contributed by atoms with Crippen molar-refractivity contribution < 1.29 is 14.0 Å². The van der Waals surface area contributed by atoms with Crippen molar-refractivity contribution in [3.05, 3.63) is 71.0 Å². The maximum Gasteiger partial charge on any atom is 0.224 e. The van der Waals surface area contributed by atoms with Gasteiger partial charge in [-0.2, -0.15) is 0 Å². The van der Waals surface area contributed by atoms with Crippen LogP contribution in [0.15, 0.2) is 48.5 Å².